The summed E-state index contributed by atoms with van der Waals surface area (Å²) in [5.41, 5.74) is 2.04. The van der Waals surface area contributed by atoms with Crippen molar-refractivity contribution < 1.29 is 5.11 Å². The molecule has 0 saturated carbocycles. The Labute approximate surface area is 120 Å². The van der Waals surface area contributed by atoms with Gasteiger partial charge in [-0.15, -0.1) is 0 Å². The van der Waals surface area contributed by atoms with Gasteiger partial charge < -0.3 is 15.4 Å². The highest BCUT2D eigenvalue weighted by Crippen LogP contribution is 2.25. The van der Waals surface area contributed by atoms with Gasteiger partial charge in [0.15, 0.2) is 0 Å². The highest BCUT2D eigenvalue weighted by atomic mass is 16.3. The summed E-state index contributed by atoms with van der Waals surface area (Å²) in [5, 5.41) is 10.2. The first-order valence-electron chi connectivity index (χ1n) is 7.36. The lowest BCUT2D eigenvalue weighted by atomic mass is 9.98. The van der Waals surface area contributed by atoms with Crippen LogP contribution in [0.3, 0.4) is 0 Å². The summed E-state index contributed by atoms with van der Waals surface area (Å²) < 4.78 is 0. The largest absolute Gasteiger partial charge is 0.390 e. The lowest BCUT2D eigenvalue weighted by molar-refractivity contribution is 0.0481. The Hall–Kier alpha value is -1.40. The fourth-order valence-electron chi connectivity index (χ4n) is 2.55. The van der Waals surface area contributed by atoms with Crippen molar-refractivity contribution in [1.82, 2.24) is 9.97 Å². The van der Waals surface area contributed by atoms with Crippen LogP contribution in [-0.2, 0) is 6.42 Å². The van der Waals surface area contributed by atoms with Crippen molar-refractivity contribution in [2.24, 2.45) is 5.84 Å². The zero-order valence-corrected chi connectivity index (χ0v) is 12.4. The van der Waals surface area contributed by atoms with Crippen molar-refractivity contribution in [3.05, 3.63) is 11.9 Å². The van der Waals surface area contributed by atoms with Gasteiger partial charge in [-0.1, -0.05) is 6.92 Å². The molecule has 112 valence electrons. The van der Waals surface area contributed by atoms with E-state index in [2.05, 4.69) is 27.2 Å². The number of nitrogens with zero attached hydrogens (tertiary/aromatic N) is 3. The normalized spacial score (nSPS) is 23.5. The van der Waals surface area contributed by atoms with E-state index in [9.17, 15) is 5.11 Å². The fourth-order valence-corrected chi connectivity index (χ4v) is 2.55. The van der Waals surface area contributed by atoms with E-state index in [-0.39, 0.29) is 0 Å². The lowest BCUT2D eigenvalue weighted by Gasteiger charge is -2.24. The second kappa shape index (κ2) is 6.37. The van der Waals surface area contributed by atoms with Gasteiger partial charge in [0.2, 0.25) is 0 Å². The molecule has 4 N–H and O–H groups in total. The molecule has 1 unspecified atom stereocenters. The Balaban J connectivity index is 2.20. The number of anilines is 2. The summed E-state index contributed by atoms with van der Waals surface area (Å²) in [6, 6.07) is 1.87. The number of nitrogen functional groups attached to an aromatic ring is 1. The predicted octanol–water partition coefficient (Wildman–Crippen LogP) is 1.46. The molecule has 1 fully saturated rings. The van der Waals surface area contributed by atoms with E-state index < -0.39 is 5.60 Å². The second-order valence-electron chi connectivity index (χ2n) is 5.76. The van der Waals surface area contributed by atoms with Gasteiger partial charge in [-0.25, -0.2) is 15.8 Å². The predicted molar refractivity (Wildman–Crippen MR) is 80.5 cm³/mol. The van der Waals surface area contributed by atoms with Crippen molar-refractivity contribution in [2.75, 3.05) is 23.4 Å². The first-order valence-corrected chi connectivity index (χ1v) is 7.36. The van der Waals surface area contributed by atoms with E-state index in [1.165, 1.54) is 0 Å². The molecular formula is C14H25N5O. The Morgan fingerprint density at radius 1 is 1.40 bits per heavy atom. The molecule has 2 heterocycles. The van der Waals surface area contributed by atoms with E-state index in [1.54, 1.807) is 0 Å². The van der Waals surface area contributed by atoms with E-state index in [4.69, 9.17) is 5.84 Å². The smallest absolute Gasteiger partial charge is 0.145 e. The SMILES string of the molecule is CCCc1nc(NN)cc(N2CCCC(C)(O)CC2)n1. The number of hydrogen-bond acceptors (Lipinski definition) is 6. The van der Waals surface area contributed by atoms with Gasteiger partial charge in [-0.2, -0.15) is 0 Å². The molecule has 0 amide bonds. The molecule has 0 spiro atoms. The van der Waals surface area contributed by atoms with Gasteiger partial charge >= 0.3 is 0 Å². The number of aryl methyl sites for hydroxylation is 1. The molecule has 1 aliphatic heterocycles. The minimum Gasteiger partial charge on any atom is -0.390 e. The van der Waals surface area contributed by atoms with Gasteiger partial charge in [0, 0.05) is 25.6 Å². The van der Waals surface area contributed by atoms with E-state index in [1.807, 2.05) is 13.0 Å². The van der Waals surface area contributed by atoms with Gasteiger partial charge in [0.05, 0.1) is 5.60 Å². The summed E-state index contributed by atoms with van der Waals surface area (Å²) in [6.45, 7) is 5.73. The molecule has 0 radical (unpaired) electrons. The number of hydrogen-bond donors (Lipinski definition) is 3. The molecule has 1 aromatic rings. The van der Waals surface area contributed by atoms with E-state index >= 15 is 0 Å². The van der Waals surface area contributed by atoms with Crippen molar-refractivity contribution in [3.63, 3.8) is 0 Å². The third kappa shape index (κ3) is 3.80. The van der Waals surface area contributed by atoms with Crippen LogP contribution in [0.1, 0.15) is 45.4 Å². The molecule has 1 aliphatic rings. The quantitative estimate of drug-likeness (QED) is 0.571. The van der Waals surface area contributed by atoms with Crippen molar-refractivity contribution >= 4 is 11.6 Å². The molecule has 1 saturated heterocycles. The van der Waals surface area contributed by atoms with Crippen LogP contribution >= 0.6 is 0 Å². The molecule has 6 heteroatoms. The molecule has 1 atom stereocenters. The molecule has 6 nitrogen and oxygen atoms in total. The van der Waals surface area contributed by atoms with Crippen LogP contribution in [-0.4, -0.2) is 33.8 Å². The number of hydrazine groups is 1. The van der Waals surface area contributed by atoms with Gasteiger partial charge in [0.25, 0.3) is 0 Å². The maximum atomic E-state index is 10.2. The fraction of sp³-hybridized carbons (Fsp3) is 0.714. The van der Waals surface area contributed by atoms with Gasteiger partial charge in [-0.05, 0) is 32.6 Å². The lowest BCUT2D eigenvalue weighted by Crippen LogP contribution is -2.29. The van der Waals surface area contributed by atoms with Crippen molar-refractivity contribution in [1.29, 1.82) is 0 Å². The third-order valence-corrected chi connectivity index (χ3v) is 3.77. The highest BCUT2D eigenvalue weighted by molar-refractivity contribution is 5.49. The summed E-state index contributed by atoms with van der Waals surface area (Å²) in [7, 11) is 0. The summed E-state index contributed by atoms with van der Waals surface area (Å²) in [6.07, 6.45) is 4.39. The molecule has 0 bridgehead atoms. The standard InChI is InChI=1S/C14H25N5O/c1-3-5-11-16-12(18-15)10-13(17-11)19-8-4-6-14(2,20)7-9-19/h10,20H,3-9,15H2,1-2H3,(H,16,17,18). The first kappa shape index (κ1) is 15.0. The third-order valence-electron chi connectivity index (χ3n) is 3.77. The Morgan fingerprint density at radius 3 is 2.90 bits per heavy atom. The van der Waals surface area contributed by atoms with Gasteiger partial charge in [-0.3, -0.25) is 0 Å². The monoisotopic (exact) mass is 279 g/mol. The molecule has 20 heavy (non-hydrogen) atoms. The zero-order chi connectivity index (χ0) is 14.6. The van der Waals surface area contributed by atoms with Crippen molar-refractivity contribution in [2.45, 2.75) is 51.6 Å². The molecular weight excluding hydrogens is 254 g/mol. The highest BCUT2D eigenvalue weighted by Gasteiger charge is 2.25. The molecule has 0 aliphatic carbocycles. The number of rotatable bonds is 4. The molecule has 1 aromatic heterocycles. The van der Waals surface area contributed by atoms with Crippen LogP contribution in [0, 0.1) is 0 Å². The first-order chi connectivity index (χ1) is 9.54. The second-order valence-corrected chi connectivity index (χ2v) is 5.76. The zero-order valence-electron chi connectivity index (χ0n) is 12.4. The topological polar surface area (TPSA) is 87.3 Å². The number of nitrogens with two attached hydrogens (primary N) is 1. The van der Waals surface area contributed by atoms with E-state index in [0.717, 1.165) is 56.8 Å². The summed E-state index contributed by atoms with van der Waals surface area (Å²) in [5.74, 6) is 7.85. The Bertz CT molecular complexity index is 449. The van der Waals surface area contributed by atoms with Crippen LogP contribution in [0.5, 0.6) is 0 Å². The van der Waals surface area contributed by atoms with Crippen LogP contribution in [0.15, 0.2) is 6.07 Å². The number of aliphatic hydroxyl groups is 1. The van der Waals surface area contributed by atoms with Crippen LogP contribution in [0.4, 0.5) is 11.6 Å². The minimum absolute atomic E-state index is 0.566. The maximum absolute atomic E-state index is 10.2. The van der Waals surface area contributed by atoms with Gasteiger partial charge in [0.1, 0.15) is 17.5 Å². The van der Waals surface area contributed by atoms with Crippen LogP contribution in [0.2, 0.25) is 0 Å². The number of aromatic nitrogens is 2. The molecule has 0 aromatic carbocycles. The Morgan fingerprint density at radius 2 is 2.20 bits per heavy atom. The average molecular weight is 279 g/mol. The Kier molecular flexibility index (Phi) is 4.77. The van der Waals surface area contributed by atoms with Crippen LogP contribution in [0.25, 0.3) is 0 Å². The molecule has 2 rings (SSSR count). The summed E-state index contributed by atoms with van der Waals surface area (Å²) >= 11 is 0. The minimum atomic E-state index is -0.566. The maximum Gasteiger partial charge on any atom is 0.145 e. The average Bonchev–Trinajstić information content (AvgIpc) is 2.59. The van der Waals surface area contributed by atoms with Crippen molar-refractivity contribution in [3.8, 4) is 0 Å². The van der Waals surface area contributed by atoms with Crippen LogP contribution < -0.4 is 16.2 Å². The van der Waals surface area contributed by atoms with E-state index in [0.29, 0.717) is 5.82 Å². The summed E-state index contributed by atoms with van der Waals surface area (Å²) in [4.78, 5) is 11.2. The number of nitrogens with one attached hydrogen (secondary N) is 1.